The third-order valence-corrected chi connectivity index (χ3v) is 2.67. The monoisotopic (exact) mass is 259 g/mol. The minimum atomic E-state index is -1.24. The van der Waals surface area contributed by atoms with Gasteiger partial charge < -0.3 is 10.8 Å². The molecule has 0 aliphatic heterocycles. The predicted octanol–water partition coefficient (Wildman–Crippen LogP) is 2.29. The highest BCUT2D eigenvalue weighted by Gasteiger charge is 2.13. The first kappa shape index (κ1) is 12.8. The average molecular weight is 259 g/mol. The zero-order chi connectivity index (χ0) is 14.0. The van der Waals surface area contributed by atoms with E-state index in [-0.39, 0.29) is 11.1 Å². The highest BCUT2D eigenvalue weighted by atomic mass is 19.1. The molecule has 0 heterocycles. The molecule has 0 bridgehead atoms. The van der Waals surface area contributed by atoms with Crippen LogP contribution >= 0.6 is 0 Å². The number of nitrogens with two attached hydrogens (primary N) is 1. The molecule has 0 aliphatic rings. The maximum absolute atomic E-state index is 13.1. The van der Waals surface area contributed by atoms with Crippen LogP contribution in [-0.2, 0) is 0 Å². The van der Waals surface area contributed by atoms with Crippen LogP contribution in [0.15, 0.2) is 42.5 Å². The van der Waals surface area contributed by atoms with Crippen molar-refractivity contribution in [1.29, 1.82) is 0 Å². The molecule has 5 heteroatoms. The molecule has 0 saturated carbocycles. The van der Waals surface area contributed by atoms with Gasteiger partial charge in [-0.1, -0.05) is 18.2 Å². The minimum absolute atomic E-state index is 0.165. The predicted molar refractivity (Wildman–Crippen MR) is 67.3 cm³/mol. The molecule has 0 unspecified atom stereocenters. The third-order valence-electron chi connectivity index (χ3n) is 2.67. The maximum Gasteiger partial charge on any atom is 0.336 e. The van der Waals surface area contributed by atoms with Crippen LogP contribution in [0.1, 0.15) is 20.7 Å². The van der Waals surface area contributed by atoms with E-state index in [2.05, 4.69) is 0 Å². The minimum Gasteiger partial charge on any atom is -0.478 e. The smallest absolute Gasteiger partial charge is 0.336 e. The van der Waals surface area contributed by atoms with Crippen molar-refractivity contribution in [3.05, 3.63) is 59.4 Å². The summed E-state index contributed by atoms with van der Waals surface area (Å²) in [6.07, 6.45) is 0. The van der Waals surface area contributed by atoms with E-state index in [9.17, 15) is 14.0 Å². The fourth-order valence-corrected chi connectivity index (χ4v) is 1.79. The highest BCUT2D eigenvalue weighted by molar-refractivity contribution is 5.98. The molecule has 0 saturated heterocycles. The van der Waals surface area contributed by atoms with Gasteiger partial charge in [-0.25, -0.2) is 9.18 Å². The Morgan fingerprint density at radius 3 is 2.47 bits per heavy atom. The molecule has 0 atom stereocenters. The Kier molecular flexibility index (Phi) is 3.29. The van der Waals surface area contributed by atoms with Gasteiger partial charge in [0.25, 0.3) is 0 Å². The number of halogens is 1. The van der Waals surface area contributed by atoms with Crippen molar-refractivity contribution in [3.8, 4) is 11.1 Å². The number of carbonyl (C=O) groups excluding carboxylic acids is 1. The summed E-state index contributed by atoms with van der Waals surface area (Å²) in [4.78, 5) is 22.2. The van der Waals surface area contributed by atoms with Gasteiger partial charge in [-0.15, -0.1) is 0 Å². The summed E-state index contributed by atoms with van der Waals surface area (Å²) in [7, 11) is 0. The lowest BCUT2D eigenvalue weighted by Crippen LogP contribution is -2.10. The summed E-state index contributed by atoms with van der Waals surface area (Å²) in [5, 5.41) is 9.07. The SMILES string of the molecule is NC(=O)c1cccc(-c2ccc(F)cc2C(=O)O)c1. The van der Waals surface area contributed by atoms with Crippen LogP contribution in [0, 0.1) is 5.82 Å². The van der Waals surface area contributed by atoms with Crippen LogP contribution < -0.4 is 5.73 Å². The molecule has 3 N–H and O–H groups in total. The number of hydrogen-bond donors (Lipinski definition) is 2. The van der Waals surface area contributed by atoms with Crippen molar-refractivity contribution in [1.82, 2.24) is 0 Å². The molecule has 19 heavy (non-hydrogen) atoms. The molecule has 2 aromatic rings. The van der Waals surface area contributed by atoms with Crippen LogP contribution in [-0.4, -0.2) is 17.0 Å². The van der Waals surface area contributed by atoms with Crippen LogP contribution in [0.25, 0.3) is 11.1 Å². The topological polar surface area (TPSA) is 80.4 Å². The molecule has 0 spiro atoms. The Morgan fingerprint density at radius 1 is 1.11 bits per heavy atom. The van der Waals surface area contributed by atoms with Crippen LogP contribution in [0.5, 0.6) is 0 Å². The van der Waals surface area contributed by atoms with Crippen LogP contribution in [0.2, 0.25) is 0 Å². The van der Waals surface area contributed by atoms with Crippen molar-refractivity contribution < 1.29 is 19.1 Å². The molecule has 2 aromatic carbocycles. The lowest BCUT2D eigenvalue weighted by Gasteiger charge is -2.07. The first-order chi connectivity index (χ1) is 8.99. The number of carboxylic acids is 1. The Morgan fingerprint density at radius 2 is 1.84 bits per heavy atom. The highest BCUT2D eigenvalue weighted by Crippen LogP contribution is 2.25. The lowest BCUT2D eigenvalue weighted by molar-refractivity contribution is 0.0697. The summed E-state index contributed by atoms with van der Waals surface area (Å²) < 4.78 is 13.1. The number of primary amides is 1. The summed E-state index contributed by atoms with van der Waals surface area (Å²) in [6.45, 7) is 0. The number of carbonyl (C=O) groups is 2. The first-order valence-corrected chi connectivity index (χ1v) is 5.42. The molecule has 2 rings (SSSR count). The molecule has 0 fully saturated rings. The fourth-order valence-electron chi connectivity index (χ4n) is 1.79. The molecular weight excluding hydrogens is 249 g/mol. The normalized spacial score (nSPS) is 10.2. The van der Waals surface area contributed by atoms with E-state index in [0.29, 0.717) is 11.1 Å². The van der Waals surface area contributed by atoms with Gasteiger partial charge in [-0.05, 0) is 35.4 Å². The molecule has 0 aromatic heterocycles. The number of carboxylic acid groups (broad SMARTS) is 1. The lowest BCUT2D eigenvalue weighted by atomic mass is 9.98. The van der Waals surface area contributed by atoms with Gasteiger partial charge in [0.2, 0.25) is 5.91 Å². The van der Waals surface area contributed by atoms with E-state index in [1.807, 2.05) is 0 Å². The Bertz CT molecular complexity index is 667. The van der Waals surface area contributed by atoms with Gasteiger partial charge in [0.1, 0.15) is 5.82 Å². The van der Waals surface area contributed by atoms with Gasteiger partial charge in [-0.3, -0.25) is 4.79 Å². The molecule has 0 aliphatic carbocycles. The Hall–Kier alpha value is -2.69. The number of hydrogen-bond acceptors (Lipinski definition) is 2. The van der Waals surface area contributed by atoms with E-state index in [4.69, 9.17) is 10.8 Å². The number of aromatic carboxylic acids is 1. The number of rotatable bonds is 3. The van der Waals surface area contributed by atoms with Crippen molar-refractivity contribution in [2.45, 2.75) is 0 Å². The molecule has 4 nitrogen and oxygen atoms in total. The van der Waals surface area contributed by atoms with Gasteiger partial charge in [0.15, 0.2) is 0 Å². The summed E-state index contributed by atoms with van der Waals surface area (Å²) in [5.41, 5.74) is 6.09. The summed E-state index contributed by atoms with van der Waals surface area (Å²) in [5.74, 6) is -2.48. The van der Waals surface area contributed by atoms with E-state index < -0.39 is 17.7 Å². The zero-order valence-electron chi connectivity index (χ0n) is 9.76. The van der Waals surface area contributed by atoms with Gasteiger partial charge in [0.05, 0.1) is 5.56 Å². The molecule has 1 amide bonds. The van der Waals surface area contributed by atoms with Gasteiger partial charge in [-0.2, -0.15) is 0 Å². The third kappa shape index (κ3) is 2.60. The van der Waals surface area contributed by atoms with E-state index in [1.165, 1.54) is 24.3 Å². The van der Waals surface area contributed by atoms with Crippen LogP contribution in [0.4, 0.5) is 4.39 Å². The molecule has 0 radical (unpaired) electrons. The second-order valence-corrected chi connectivity index (χ2v) is 3.94. The number of amides is 1. The largest absolute Gasteiger partial charge is 0.478 e. The average Bonchev–Trinajstić information content (AvgIpc) is 2.38. The quantitative estimate of drug-likeness (QED) is 0.887. The van der Waals surface area contributed by atoms with E-state index in [0.717, 1.165) is 6.07 Å². The van der Waals surface area contributed by atoms with Crippen molar-refractivity contribution in [2.75, 3.05) is 0 Å². The summed E-state index contributed by atoms with van der Waals surface area (Å²) >= 11 is 0. The van der Waals surface area contributed by atoms with Gasteiger partial charge >= 0.3 is 5.97 Å². The molecule has 96 valence electrons. The Labute approximate surface area is 108 Å². The van der Waals surface area contributed by atoms with Crippen molar-refractivity contribution in [2.24, 2.45) is 5.73 Å². The van der Waals surface area contributed by atoms with Crippen molar-refractivity contribution >= 4 is 11.9 Å². The Balaban J connectivity index is 2.61. The fraction of sp³-hybridized carbons (Fsp3) is 0. The summed E-state index contributed by atoms with van der Waals surface area (Å²) in [6, 6.07) is 9.68. The first-order valence-electron chi connectivity index (χ1n) is 5.42. The maximum atomic E-state index is 13.1. The second kappa shape index (κ2) is 4.89. The van der Waals surface area contributed by atoms with Gasteiger partial charge in [0, 0.05) is 5.56 Å². The van der Waals surface area contributed by atoms with Crippen LogP contribution in [0.3, 0.4) is 0 Å². The van der Waals surface area contributed by atoms with E-state index in [1.54, 1.807) is 12.1 Å². The molecular formula is C14H10FNO3. The second-order valence-electron chi connectivity index (χ2n) is 3.94. The number of benzene rings is 2. The zero-order valence-corrected chi connectivity index (χ0v) is 9.76. The standard InChI is InChI=1S/C14H10FNO3/c15-10-4-5-11(12(7-10)14(18)19)8-2-1-3-9(6-8)13(16)17/h1-7H,(H2,16,17)(H,18,19). The van der Waals surface area contributed by atoms with Crippen molar-refractivity contribution in [3.63, 3.8) is 0 Å². The van der Waals surface area contributed by atoms with E-state index >= 15 is 0 Å².